The van der Waals surface area contributed by atoms with E-state index in [-0.39, 0.29) is 12.4 Å². The third-order valence-electron chi connectivity index (χ3n) is 2.06. The van der Waals surface area contributed by atoms with Gasteiger partial charge in [-0.3, -0.25) is 4.79 Å². The van der Waals surface area contributed by atoms with Gasteiger partial charge in [0.2, 0.25) is 5.88 Å². The summed E-state index contributed by atoms with van der Waals surface area (Å²) in [4.78, 5) is 14.8. The molecule has 5 nitrogen and oxygen atoms in total. The monoisotopic (exact) mass is 252 g/mol. The number of aromatic nitrogens is 1. The van der Waals surface area contributed by atoms with Crippen LogP contribution in [0.25, 0.3) is 0 Å². The van der Waals surface area contributed by atoms with E-state index in [2.05, 4.69) is 24.1 Å². The molecule has 1 N–H and O–H groups in total. The molecule has 0 atom stereocenters. The Hall–Kier alpha value is -1.62. The smallest absolute Gasteiger partial charge is 0.213 e. The second kappa shape index (κ2) is 7.66. The number of hydrogen-bond donors (Lipinski definition) is 1. The molecule has 5 heteroatoms. The molecule has 0 amide bonds. The molecule has 0 unspecified atom stereocenters. The third kappa shape index (κ3) is 6.20. The summed E-state index contributed by atoms with van der Waals surface area (Å²) in [6, 6.07) is 3.91. The molecule has 1 aromatic heterocycles. The Bertz CT molecular complexity index is 363. The van der Waals surface area contributed by atoms with E-state index < -0.39 is 0 Å². The summed E-state index contributed by atoms with van der Waals surface area (Å²) in [5.41, 5.74) is 0. The van der Waals surface area contributed by atoms with Gasteiger partial charge in [0.05, 0.1) is 6.20 Å². The van der Waals surface area contributed by atoms with Crippen molar-refractivity contribution < 1.29 is 14.3 Å². The maximum Gasteiger partial charge on any atom is 0.213 e. The quantitative estimate of drug-likeness (QED) is 0.709. The standard InChI is InChI=1S/C13H20N2O3/c1-10(2)14-6-7-17-13-5-4-12(8-15-13)18-9-11(3)16/h4-5,8,10,14H,6-7,9H2,1-3H3. The van der Waals surface area contributed by atoms with E-state index in [4.69, 9.17) is 9.47 Å². The molecule has 18 heavy (non-hydrogen) atoms. The highest BCUT2D eigenvalue weighted by atomic mass is 16.5. The van der Waals surface area contributed by atoms with Gasteiger partial charge in [0.25, 0.3) is 0 Å². The van der Waals surface area contributed by atoms with Crippen LogP contribution in [0, 0.1) is 0 Å². The minimum Gasteiger partial charge on any atom is -0.484 e. The summed E-state index contributed by atoms with van der Waals surface area (Å²) in [6.45, 7) is 7.06. The van der Waals surface area contributed by atoms with Gasteiger partial charge in [-0.05, 0) is 13.0 Å². The second-order valence-electron chi connectivity index (χ2n) is 4.28. The Labute approximate surface area is 108 Å². The average Bonchev–Trinajstić information content (AvgIpc) is 2.33. The van der Waals surface area contributed by atoms with E-state index in [1.54, 1.807) is 18.3 Å². The Morgan fingerprint density at radius 2 is 2.17 bits per heavy atom. The first-order valence-corrected chi connectivity index (χ1v) is 6.02. The number of carbonyl (C=O) groups is 1. The van der Waals surface area contributed by atoms with Gasteiger partial charge >= 0.3 is 0 Å². The van der Waals surface area contributed by atoms with E-state index in [0.717, 1.165) is 6.54 Å². The Kier molecular flexibility index (Phi) is 6.14. The summed E-state index contributed by atoms with van der Waals surface area (Å²) in [5.74, 6) is 1.10. The van der Waals surface area contributed by atoms with Crippen LogP contribution in [0.2, 0.25) is 0 Å². The molecule has 0 aliphatic carbocycles. The molecule has 0 bridgehead atoms. The number of ketones is 1. The molecule has 1 aromatic rings. The summed E-state index contributed by atoms with van der Waals surface area (Å²) >= 11 is 0. The van der Waals surface area contributed by atoms with Gasteiger partial charge in [-0.25, -0.2) is 4.98 Å². The van der Waals surface area contributed by atoms with Crippen LogP contribution in [0.4, 0.5) is 0 Å². The van der Waals surface area contributed by atoms with Crippen LogP contribution in [0.3, 0.4) is 0 Å². The predicted octanol–water partition coefficient (Wildman–Crippen LogP) is 1.43. The number of rotatable bonds is 8. The molecule has 0 aliphatic heterocycles. The van der Waals surface area contributed by atoms with E-state index in [1.807, 2.05) is 0 Å². The molecule has 0 aliphatic rings. The number of nitrogens with zero attached hydrogens (tertiary/aromatic N) is 1. The predicted molar refractivity (Wildman–Crippen MR) is 69.0 cm³/mol. The zero-order chi connectivity index (χ0) is 13.4. The number of pyridine rings is 1. The fourth-order valence-electron chi connectivity index (χ4n) is 1.23. The summed E-state index contributed by atoms with van der Waals surface area (Å²) < 4.78 is 10.6. The minimum atomic E-state index is -0.0184. The lowest BCUT2D eigenvalue weighted by atomic mass is 10.4. The van der Waals surface area contributed by atoms with Gasteiger partial charge in [-0.1, -0.05) is 13.8 Å². The average molecular weight is 252 g/mol. The van der Waals surface area contributed by atoms with Crippen molar-refractivity contribution in [3.05, 3.63) is 18.3 Å². The van der Waals surface area contributed by atoms with Crippen molar-refractivity contribution in [2.24, 2.45) is 0 Å². The van der Waals surface area contributed by atoms with Crippen molar-refractivity contribution in [2.45, 2.75) is 26.8 Å². The fraction of sp³-hybridized carbons (Fsp3) is 0.538. The van der Waals surface area contributed by atoms with Crippen molar-refractivity contribution in [3.63, 3.8) is 0 Å². The molecule has 0 fully saturated rings. The molecule has 1 heterocycles. The van der Waals surface area contributed by atoms with Crippen LogP contribution in [-0.2, 0) is 4.79 Å². The summed E-state index contributed by atoms with van der Waals surface area (Å²) in [7, 11) is 0. The first kappa shape index (κ1) is 14.4. The molecule has 0 saturated carbocycles. The molecule has 0 saturated heterocycles. The molecule has 0 radical (unpaired) electrons. The van der Waals surface area contributed by atoms with Crippen molar-refractivity contribution in [1.82, 2.24) is 10.3 Å². The number of hydrogen-bond acceptors (Lipinski definition) is 5. The second-order valence-corrected chi connectivity index (χ2v) is 4.28. The molecular formula is C13H20N2O3. The maximum absolute atomic E-state index is 10.7. The van der Waals surface area contributed by atoms with Crippen LogP contribution in [0.15, 0.2) is 18.3 Å². The van der Waals surface area contributed by atoms with E-state index in [0.29, 0.717) is 24.3 Å². The van der Waals surface area contributed by atoms with Gasteiger partial charge in [0.15, 0.2) is 5.78 Å². The first-order valence-electron chi connectivity index (χ1n) is 6.02. The summed E-state index contributed by atoms with van der Waals surface area (Å²) in [5, 5.41) is 3.24. The maximum atomic E-state index is 10.7. The Morgan fingerprint density at radius 3 is 2.72 bits per heavy atom. The molecule has 0 aromatic carbocycles. The SMILES string of the molecule is CC(=O)COc1ccc(OCCNC(C)C)nc1. The van der Waals surface area contributed by atoms with Crippen LogP contribution < -0.4 is 14.8 Å². The van der Waals surface area contributed by atoms with Gasteiger partial charge in [0, 0.05) is 18.7 Å². The van der Waals surface area contributed by atoms with Gasteiger partial charge < -0.3 is 14.8 Å². The van der Waals surface area contributed by atoms with Crippen molar-refractivity contribution >= 4 is 5.78 Å². The summed E-state index contributed by atoms with van der Waals surface area (Å²) in [6.07, 6.45) is 1.55. The zero-order valence-corrected chi connectivity index (χ0v) is 11.1. The van der Waals surface area contributed by atoms with Crippen LogP contribution in [0.5, 0.6) is 11.6 Å². The lowest BCUT2D eigenvalue weighted by Gasteiger charge is -2.09. The highest BCUT2D eigenvalue weighted by molar-refractivity contribution is 5.77. The molecule has 1 rings (SSSR count). The number of ether oxygens (including phenoxy) is 2. The number of carbonyl (C=O) groups excluding carboxylic acids is 1. The van der Waals surface area contributed by atoms with E-state index in [9.17, 15) is 4.79 Å². The lowest BCUT2D eigenvalue weighted by Crippen LogP contribution is -2.27. The highest BCUT2D eigenvalue weighted by Gasteiger charge is 2.00. The minimum absolute atomic E-state index is 0.0184. The fourth-order valence-corrected chi connectivity index (χ4v) is 1.23. The highest BCUT2D eigenvalue weighted by Crippen LogP contribution is 2.13. The van der Waals surface area contributed by atoms with Crippen molar-refractivity contribution in [1.29, 1.82) is 0 Å². The van der Waals surface area contributed by atoms with E-state index >= 15 is 0 Å². The van der Waals surface area contributed by atoms with Crippen LogP contribution in [0.1, 0.15) is 20.8 Å². The lowest BCUT2D eigenvalue weighted by molar-refractivity contribution is -0.118. The topological polar surface area (TPSA) is 60.5 Å². The Balaban J connectivity index is 2.29. The van der Waals surface area contributed by atoms with Gasteiger partial charge in [-0.15, -0.1) is 0 Å². The van der Waals surface area contributed by atoms with Gasteiger partial charge in [-0.2, -0.15) is 0 Å². The third-order valence-corrected chi connectivity index (χ3v) is 2.06. The van der Waals surface area contributed by atoms with Crippen LogP contribution >= 0.6 is 0 Å². The zero-order valence-electron chi connectivity index (χ0n) is 11.1. The van der Waals surface area contributed by atoms with Crippen molar-refractivity contribution in [3.8, 4) is 11.6 Å². The Morgan fingerprint density at radius 1 is 1.39 bits per heavy atom. The van der Waals surface area contributed by atoms with Gasteiger partial charge in [0.1, 0.15) is 19.0 Å². The van der Waals surface area contributed by atoms with Crippen molar-refractivity contribution in [2.75, 3.05) is 19.8 Å². The number of Topliss-reactive ketones (excluding diaryl/α,β-unsaturated/α-hetero) is 1. The van der Waals surface area contributed by atoms with E-state index in [1.165, 1.54) is 6.92 Å². The number of nitrogens with one attached hydrogen (secondary N) is 1. The molecule has 100 valence electrons. The molecular weight excluding hydrogens is 232 g/mol. The molecule has 0 spiro atoms. The largest absolute Gasteiger partial charge is 0.484 e. The normalized spacial score (nSPS) is 10.4. The first-order chi connectivity index (χ1) is 8.58. The van der Waals surface area contributed by atoms with Crippen LogP contribution in [-0.4, -0.2) is 36.6 Å².